The second-order valence-electron chi connectivity index (χ2n) is 8.46. The van der Waals surface area contributed by atoms with Crippen LogP contribution in [0.5, 0.6) is 11.5 Å². The second-order valence-corrected chi connectivity index (χ2v) is 8.46. The monoisotopic (exact) mass is 464 g/mol. The maximum absolute atomic E-state index is 13.2. The predicted molar refractivity (Wildman–Crippen MR) is 129 cm³/mol. The maximum Gasteiger partial charge on any atom is 0.251 e. The van der Waals surface area contributed by atoms with E-state index in [9.17, 15) is 4.79 Å². The van der Waals surface area contributed by atoms with E-state index in [-0.39, 0.29) is 17.9 Å². The van der Waals surface area contributed by atoms with Crippen LogP contribution in [-0.2, 0) is 6.54 Å². The van der Waals surface area contributed by atoms with Crippen molar-refractivity contribution in [3.63, 3.8) is 0 Å². The molecule has 2 atom stereocenters. The number of likely N-dealkylation sites (tertiary alicyclic amines) is 1. The zero-order valence-corrected chi connectivity index (χ0v) is 20.2. The van der Waals surface area contributed by atoms with Gasteiger partial charge in [-0.3, -0.25) is 4.79 Å². The van der Waals surface area contributed by atoms with Crippen molar-refractivity contribution in [1.82, 2.24) is 30.4 Å². The Hall–Kier alpha value is -3.46. The summed E-state index contributed by atoms with van der Waals surface area (Å²) in [4.78, 5) is 17.1. The van der Waals surface area contributed by atoms with E-state index >= 15 is 0 Å². The third-order valence-electron chi connectivity index (χ3n) is 6.17. The summed E-state index contributed by atoms with van der Waals surface area (Å²) in [5, 5.41) is 15.7. The first-order valence-electron chi connectivity index (χ1n) is 11.7. The number of aromatic nitrogens is 4. The number of amides is 1. The predicted octanol–water partition coefficient (Wildman–Crippen LogP) is 2.99. The molecule has 2 aromatic carbocycles. The number of hydrogen-bond donors (Lipinski definition) is 1. The Morgan fingerprint density at radius 2 is 2.03 bits per heavy atom. The van der Waals surface area contributed by atoms with Crippen LogP contribution in [0.15, 0.2) is 42.5 Å². The van der Waals surface area contributed by atoms with E-state index in [1.54, 1.807) is 7.11 Å². The summed E-state index contributed by atoms with van der Waals surface area (Å²) >= 11 is 0. The molecule has 2 unspecified atom stereocenters. The first kappa shape index (κ1) is 23.7. The molecule has 3 aromatic rings. The molecule has 9 nitrogen and oxygen atoms in total. The van der Waals surface area contributed by atoms with Crippen LogP contribution in [0.4, 0.5) is 0 Å². The van der Waals surface area contributed by atoms with Crippen molar-refractivity contribution in [2.24, 2.45) is 0 Å². The van der Waals surface area contributed by atoms with Gasteiger partial charge < -0.3 is 19.7 Å². The molecule has 1 fully saturated rings. The van der Waals surface area contributed by atoms with Crippen molar-refractivity contribution in [3.8, 4) is 22.9 Å². The van der Waals surface area contributed by atoms with E-state index < -0.39 is 0 Å². The van der Waals surface area contributed by atoms with Crippen LogP contribution >= 0.6 is 0 Å². The average molecular weight is 465 g/mol. The van der Waals surface area contributed by atoms with Gasteiger partial charge in [0.2, 0.25) is 5.82 Å². The van der Waals surface area contributed by atoms with Crippen molar-refractivity contribution in [1.29, 1.82) is 0 Å². The van der Waals surface area contributed by atoms with Gasteiger partial charge in [0.15, 0.2) is 11.5 Å². The lowest BCUT2D eigenvalue weighted by atomic mass is 9.85. The van der Waals surface area contributed by atoms with E-state index in [1.165, 1.54) is 4.80 Å². The standard InChI is InChI=1S/C25H32N6O3/c1-5-31-28-24(27-29-31)18-8-7-9-19(14-18)25(32)26-21-12-13-30(3)16-20(21)17-10-11-22(34-6-2)23(15-17)33-4/h7-11,14-15,20-21H,5-6,12-13,16H2,1-4H3,(H,26,32). The lowest BCUT2D eigenvalue weighted by Gasteiger charge is -2.37. The van der Waals surface area contributed by atoms with Gasteiger partial charge in [0.05, 0.1) is 20.3 Å². The number of hydrogen-bond acceptors (Lipinski definition) is 7. The minimum atomic E-state index is -0.109. The molecule has 1 amide bonds. The molecule has 1 saturated heterocycles. The van der Waals surface area contributed by atoms with Gasteiger partial charge in [0.25, 0.3) is 5.91 Å². The molecule has 1 N–H and O–H groups in total. The number of carbonyl (C=O) groups excluding carboxylic acids is 1. The number of carbonyl (C=O) groups is 1. The number of nitrogens with one attached hydrogen (secondary N) is 1. The second kappa shape index (κ2) is 10.6. The molecule has 9 heteroatoms. The highest BCUT2D eigenvalue weighted by Gasteiger charge is 2.31. The van der Waals surface area contributed by atoms with E-state index in [4.69, 9.17) is 9.47 Å². The average Bonchev–Trinajstić information content (AvgIpc) is 3.35. The lowest BCUT2D eigenvalue weighted by molar-refractivity contribution is 0.0904. The van der Waals surface area contributed by atoms with E-state index in [2.05, 4.69) is 38.7 Å². The number of piperidine rings is 1. The fourth-order valence-electron chi connectivity index (χ4n) is 4.36. The molecule has 0 bridgehead atoms. The van der Waals surface area contributed by atoms with Crippen molar-refractivity contribution in [2.45, 2.75) is 38.8 Å². The number of likely N-dealkylation sites (N-methyl/N-ethyl adjacent to an activating group) is 1. The summed E-state index contributed by atoms with van der Waals surface area (Å²) in [5.41, 5.74) is 2.46. The molecule has 0 saturated carbocycles. The smallest absolute Gasteiger partial charge is 0.251 e. The fraction of sp³-hybridized carbons (Fsp3) is 0.440. The first-order chi connectivity index (χ1) is 16.5. The van der Waals surface area contributed by atoms with Gasteiger partial charge >= 0.3 is 0 Å². The van der Waals surface area contributed by atoms with Crippen LogP contribution in [0, 0.1) is 0 Å². The van der Waals surface area contributed by atoms with Crippen LogP contribution < -0.4 is 14.8 Å². The SMILES string of the molecule is CCOc1ccc(C2CN(C)CCC2NC(=O)c2cccc(-c3nnn(CC)n3)c2)cc1OC. The van der Waals surface area contributed by atoms with Gasteiger partial charge in [-0.1, -0.05) is 18.2 Å². The Balaban J connectivity index is 1.55. The molecule has 180 valence electrons. The molecule has 4 rings (SSSR count). The highest BCUT2D eigenvalue weighted by Crippen LogP contribution is 2.34. The Morgan fingerprint density at radius 3 is 2.76 bits per heavy atom. The summed E-state index contributed by atoms with van der Waals surface area (Å²) in [5.74, 6) is 1.96. The fourth-order valence-corrected chi connectivity index (χ4v) is 4.36. The normalized spacial score (nSPS) is 18.5. The largest absolute Gasteiger partial charge is 0.493 e. The number of ether oxygens (including phenoxy) is 2. The van der Waals surface area contributed by atoms with Crippen LogP contribution in [0.1, 0.15) is 42.1 Å². The topological polar surface area (TPSA) is 94.4 Å². The van der Waals surface area contributed by atoms with Gasteiger partial charge in [0, 0.05) is 29.6 Å². The molecule has 1 aromatic heterocycles. The molecular formula is C25H32N6O3. The Kier molecular flexibility index (Phi) is 7.42. The van der Waals surface area contributed by atoms with Crippen molar-refractivity contribution in [2.75, 3.05) is 33.9 Å². The Labute approximate surface area is 200 Å². The van der Waals surface area contributed by atoms with Gasteiger partial charge in [-0.15, -0.1) is 10.2 Å². The van der Waals surface area contributed by atoms with Crippen molar-refractivity contribution < 1.29 is 14.3 Å². The number of methoxy groups -OCH3 is 1. The molecule has 2 heterocycles. The number of nitrogens with zero attached hydrogens (tertiary/aromatic N) is 5. The highest BCUT2D eigenvalue weighted by molar-refractivity contribution is 5.95. The van der Waals surface area contributed by atoms with Crippen LogP contribution in [0.3, 0.4) is 0 Å². The van der Waals surface area contributed by atoms with Crippen molar-refractivity contribution >= 4 is 5.91 Å². The number of aryl methyl sites for hydroxylation is 1. The number of tetrazole rings is 1. The molecule has 1 aliphatic heterocycles. The molecule has 1 aliphatic rings. The number of benzene rings is 2. The molecule has 0 aliphatic carbocycles. The van der Waals surface area contributed by atoms with Gasteiger partial charge in [0.1, 0.15) is 0 Å². The Bertz CT molecular complexity index is 1130. The quantitative estimate of drug-likeness (QED) is 0.548. The highest BCUT2D eigenvalue weighted by atomic mass is 16.5. The molecule has 0 spiro atoms. The zero-order chi connectivity index (χ0) is 24.1. The van der Waals surface area contributed by atoms with Gasteiger partial charge in [-0.05, 0) is 68.9 Å². The summed E-state index contributed by atoms with van der Waals surface area (Å²) in [7, 11) is 3.76. The van der Waals surface area contributed by atoms with Crippen molar-refractivity contribution in [3.05, 3.63) is 53.6 Å². The Morgan fingerprint density at radius 1 is 1.18 bits per heavy atom. The van der Waals surface area contributed by atoms with E-state index in [0.29, 0.717) is 30.3 Å². The summed E-state index contributed by atoms with van der Waals surface area (Å²) in [6.07, 6.45) is 0.856. The third-order valence-corrected chi connectivity index (χ3v) is 6.17. The van der Waals surface area contributed by atoms with E-state index in [0.717, 1.165) is 36.4 Å². The summed E-state index contributed by atoms with van der Waals surface area (Å²) in [6.45, 7) is 6.87. The van der Waals surface area contributed by atoms with E-state index in [1.807, 2.05) is 50.2 Å². The first-order valence-corrected chi connectivity index (χ1v) is 11.7. The van der Waals surface area contributed by atoms with Crippen LogP contribution in [0.2, 0.25) is 0 Å². The summed E-state index contributed by atoms with van der Waals surface area (Å²) < 4.78 is 11.2. The van der Waals surface area contributed by atoms with Crippen LogP contribution in [-0.4, -0.2) is 70.9 Å². The summed E-state index contributed by atoms with van der Waals surface area (Å²) in [6, 6.07) is 13.4. The van der Waals surface area contributed by atoms with Gasteiger partial charge in [-0.2, -0.15) is 4.80 Å². The minimum absolute atomic E-state index is 0.00547. The maximum atomic E-state index is 13.2. The van der Waals surface area contributed by atoms with Crippen LogP contribution in [0.25, 0.3) is 11.4 Å². The molecule has 34 heavy (non-hydrogen) atoms. The minimum Gasteiger partial charge on any atom is -0.493 e. The zero-order valence-electron chi connectivity index (χ0n) is 20.2. The lowest BCUT2D eigenvalue weighted by Crippen LogP contribution is -2.48. The molecule has 0 radical (unpaired) electrons. The van der Waals surface area contributed by atoms with Gasteiger partial charge in [-0.25, -0.2) is 0 Å². The third kappa shape index (κ3) is 5.20. The molecular weight excluding hydrogens is 432 g/mol. The number of rotatable bonds is 8.